The molecule has 1 aliphatic heterocycles. The van der Waals surface area contributed by atoms with Crippen molar-refractivity contribution in [1.82, 2.24) is 4.90 Å². The van der Waals surface area contributed by atoms with Crippen LogP contribution >= 0.6 is 11.8 Å². The van der Waals surface area contributed by atoms with E-state index < -0.39 is 5.51 Å². The molecule has 144 valence electrons. The number of halogens is 3. The van der Waals surface area contributed by atoms with E-state index >= 15 is 0 Å². The quantitative estimate of drug-likeness (QED) is 0.723. The second kappa shape index (κ2) is 8.12. The van der Waals surface area contributed by atoms with Gasteiger partial charge in [-0.2, -0.15) is 13.2 Å². The Morgan fingerprint density at radius 3 is 2.07 bits per heavy atom. The number of piperazine rings is 1. The minimum atomic E-state index is -4.33. The van der Waals surface area contributed by atoms with Gasteiger partial charge in [-0.25, -0.2) is 0 Å². The van der Waals surface area contributed by atoms with E-state index in [0.29, 0.717) is 31.7 Å². The number of nitrogens with zero attached hydrogens (tertiary/aromatic N) is 2. The predicted molar refractivity (Wildman–Crippen MR) is 99.5 cm³/mol. The molecule has 27 heavy (non-hydrogen) atoms. The lowest BCUT2D eigenvalue weighted by molar-refractivity contribution is -0.0328. The first-order valence-electron chi connectivity index (χ1n) is 8.40. The molecule has 0 aliphatic carbocycles. The van der Waals surface area contributed by atoms with Crippen molar-refractivity contribution in [3.8, 4) is 5.75 Å². The summed E-state index contributed by atoms with van der Waals surface area (Å²) in [5.74, 6) is 0.632. The van der Waals surface area contributed by atoms with Gasteiger partial charge in [-0.05, 0) is 60.3 Å². The van der Waals surface area contributed by atoms with Gasteiger partial charge >= 0.3 is 5.51 Å². The van der Waals surface area contributed by atoms with Gasteiger partial charge in [-0.1, -0.05) is 0 Å². The molecule has 0 bridgehead atoms. The molecule has 0 atom stereocenters. The first-order valence-corrected chi connectivity index (χ1v) is 9.21. The Morgan fingerprint density at radius 1 is 0.963 bits per heavy atom. The van der Waals surface area contributed by atoms with Crippen LogP contribution in [0.15, 0.2) is 53.4 Å². The SMILES string of the molecule is COc1ccc(N2CCN(C(=O)c3ccc(SC(F)(F)F)cc3)CC2)cc1. The molecule has 1 saturated heterocycles. The summed E-state index contributed by atoms with van der Waals surface area (Å²) in [5, 5.41) is 0. The highest BCUT2D eigenvalue weighted by molar-refractivity contribution is 8.00. The van der Waals surface area contributed by atoms with Gasteiger partial charge in [0.15, 0.2) is 0 Å². The van der Waals surface area contributed by atoms with Gasteiger partial charge in [0.2, 0.25) is 0 Å². The van der Waals surface area contributed by atoms with E-state index in [2.05, 4.69) is 4.90 Å². The van der Waals surface area contributed by atoms with Gasteiger partial charge in [0, 0.05) is 42.3 Å². The van der Waals surface area contributed by atoms with Crippen molar-refractivity contribution in [2.24, 2.45) is 0 Å². The number of thioether (sulfide) groups is 1. The molecule has 0 saturated carbocycles. The first-order chi connectivity index (χ1) is 12.9. The molecule has 1 heterocycles. The second-order valence-electron chi connectivity index (χ2n) is 6.05. The van der Waals surface area contributed by atoms with Crippen molar-refractivity contribution in [2.75, 3.05) is 38.2 Å². The molecule has 0 spiro atoms. The van der Waals surface area contributed by atoms with E-state index in [9.17, 15) is 18.0 Å². The van der Waals surface area contributed by atoms with Crippen molar-refractivity contribution in [2.45, 2.75) is 10.4 Å². The third kappa shape index (κ3) is 5.09. The largest absolute Gasteiger partial charge is 0.497 e. The van der Waals surface area contributed by atoms with E-state index in [1.165, 1.54) is 24.3 Å². The van der Waals surface area contributed by atoms with Crippen LogP contribution in [0.2, 0.25) is 0 Å². The van der Waals surface area contributed by atoms with Crippen molar-refractivity contribution in [3.63, 3.8) is 0 Å². The summed E-state index contributed by atoms with van der Waals surface area (Å²) in [5.41, 5.74) is -2.86. The summed E-state index contributed by atoms with van der Waals surface area (Å²) in [7, 11) is 1.62. The predicted octanol–water partition coefficient (Wildman–Crippen LogP) is 4.27. The Kier molecular flexibility index (Phi) is 5.84. The zero-order chi connectivity index (χ0) is 19.4. The minimum absolute atomic E-state index is 0.0726. The van der Waals surface area contributed by atoms with Crippen LogP contribution in [-0.2, 0) is 0 Å². The summed E-state index contributed by atoms with van der Waals surface area (Å²) >= 11 is -0.183. The average Bonchev–Trinajstić information content (AvgIpc) is 2.67. The molecular formula is C19H19F3N2O2S. The Morgan fingerprint density at radius 2 is 1.56 bits per heavy atom. The topological polar surface area (TPSA) is 32.8 Å². The van der Waals surface area contributed by atoms with Crippen LogP contribution < -0.4 is 9.64 Å². The number of amides is 1. The van der Waals surface area contributed by atoms with E-state index in [-0.39, 0.29) is 22.6 Å². The third-order valence-corrected chi connectivity index (χ3v) is 5.08. The average molecular weight is 396 g/mol. The van der Waals surface area contributed by atoms with Crippen LogP contribution in [0.1, 0.15) is 10.4 Å². The summed E-state index contributed by atoms with van der Waals surface area (Å²) < 4.78 is 42.3. The number of rotatable bonds is 4. The number of hydrogen-bond acceptors (Lipinski definition) is 4. The Labute approximate surface area is 159 Å². The van der Waals surface area contributed by atoms with E-state index in [4.69, 9.17) is 4.74 Å². The van der Waals surface area contributed by atoms with Gasteiger partial charge in [-0.15, -0.1) is 0 Å². The zero-order valence-corrected chi connectivity index (χ0v) is 15.5. The van der Waals surface area contributed by atoms with Gasteiger partial charge in [0.1, 0.15) is 5.75 Å². The number of carbonyl (C=O) groups is 1. The monoisotopic (exact) mass is 396 g/mol. The lowest BCUT2D eigenvalue weighted by Crippen LogP contribution is -2.48. The minimum Gasteiger partial charge on any atom is -0.497 e. The second-order valence-corrected chi connectivity index (χ2v) is 7.19. The van der Waals surface area contributed by atoms with Crippen molar-refractivity contribution in [3.05, 3.63) is 54.1 Å². The summed E-state index contributed by atoms with van der Waals surface area (Å²) in [4.78, 5) is 16.6. The molecule has 0 radical (unpaired) electrons. The first kappa shape index (κ1) is 19.4. The Bertz CT molecular complexity index is 771. The highest BCUT2D eigenvalue weighted by Gasteiger charge is 2.29. The van der Waals surface area contributed by atoms with Crippen LogP contribution in [-0.4, -0.2) is 49.6 Å². The summed E-state index contributed by atoms with van der Waals surface area (Å²) in [6, 6.07) is 13.3. The maximum absolute atomic E-state index is 12.6. The smallest absolute Gasteiger partial charge is 0.446 e. The molecule has 0 N–H and O–H groups in total. The van der Waals surface area contributed by atoms with Gasteiger partial charge < -0.3 is 14.5 Å². The lowest BCUT2D eigenvalue weighted by atomic mass is 10.1. The van der Waals surface area contributed by atoms with Crippen LogP contribution in [0.4, 0.5) is 18.9 Å². The van der Waals surface area contributed by atoms with Crippen LogP contribution in [0.3, 0.4) is 0 Å². The highest BCUT2D eigenvalue weighted by Crippen LogP contribution is 2.36. The number of carbonyl (C=O) groups excluding carboxylic acids is 1. The number of methoxy groups -OCH3 is 1. The fraction of sp³-hybridized carbons (Fsp3) is 0.316. The summed E-state index contributed by atoms with van der Waals surface area (Å²) in [6.45, 7) is 2.51. The highest BCUT2D eigenvalue weighted by atomic mass is 32.2. The van der Waals surface area contributed by atoms with E-state index in [1.54, 1.807) is 12.0 Å². The fourth-order valence-corrected chi connectivity index (χ4v) is 3.48. The van der Waals surface area contributed by atoms with Crippen molar-refractivity contribution < 1.29 is 22.7 Å². The number of anilines is 1. The molecule has 4 nitrogen and oxygen atoms in total. The molecule has 1 aliphatic rings. The summed E-state index contributed by atoms with van der Waals surface area (Å²) in [6.07, 6.45) is 0. The molecule has 1 amide bonds. The maximum Gasteiger partial charge on any atom is 0.446 e. The Balaban J connectivity index is 1.57. The normalized spacial score (nSPS) is 15.0. The van der Waals surface area contributed by atoms with E-state index in [1.807, 2.05) is 24.3 Å². The molecule has 2 aromatic carbocycles. The van der Waals surface area contributed by atoms with Gasteiger partial charge in [-0.3, -0.25) is 4.79 Å². The zero-order valence-electron chi connectivity index (χ0n) is 14.7. The van der Waals surface area contributed by atoms with Crippen LogP contribution in [0.5, 0.6) is 5.75 Å². The third-order valence-electron chi connectivity index (χ3n) is 4.34. The van der Waals surface area contributed by atoms with Gasteiger partial charge in [0.05, 0.1) is 7.11 Å². The molecule has 1 fully saturated rings. The number of ether oxygens (including phenoxy) is 1. The molecule has 2 aromatic rings. The maximum atomic E-state index is 12.6. The Hall–Kier alpha value is -2.35. The lowest BCUT2D eigenvalue weighted by Gasteiger charge is -2.36. The van der Waals surface area contributed by atoms with Gasteiger partial charge in [0.25, 0.3) is 5.91 Å². The molecule has 3 rings (SSSR count). The van der Waals surface area contributed by atoms with Crippen molar-refractivity contribution >= 4 is 23.4 Å². The fourth-order valence-electron chi connectivity index (χ4n) is 2.94. The number of hydrogen-bond donors (Lipinski definition) is 0. The van der Waals surface area contributed by atoms with E-state index in [0.717, 1.165) is 11.4 Å². The van der Waals surface area contributed by atoms with Crippen LogP contribution in [0, 0.1) is 0 Å². The molecule has 8 heteroatoms. The van der Waals surface area contributed by atoms with Crippen molar-refractivity contribution in [1.29, 1.82) is 0 Å². The standard InChI is InChI=1S/C19H19F3N2O2S/c1-26-16-6-4-15(5-7-16)23-10-12-24(13-11-23)18(25)14-2-8-17(9-3-14)27-19(20,21)22/h2-9H,10-13H2,1H3. The van der Waals surface area contributed by atoms with Crippen LogP contribution in [0.25, 0.3) is 0 Å². The molecule has 0 aromatic heterocycles. The number of benzene rings is 2. The molecular weight excluding hydrogens is 377 g/mol. The number of alkyl halides is 3. The molecule has 0 unspecified atom stereocenters.